The number of aryl methyl sites for hydroxylation is 2. The second-order valence-electron chi connectivity index (χ2n) is 17.7. The Hall–Kier alpha value is -4.64. The molecule has 8 nitrogen and oxygen atoms in total. The summed E-state index contributed by atoms with van der Waals surface area (Å²) in [4.78, 5) is 23.2. The predicted octanol–water partition coefficient (Wildman–Crippen LogP) is 10.8. The van der Waals surface area contributed by atoms with Gasteiger partial charge in [-0.25, -0.2) is 9.59 Å². The van der Waals surface area contributed by atoms with Gasteiger partial charge in [-0.2, -0.15) is 0 Å². The van der Waals surface area contributed by atoms with E-state index in [1.165, 1.54) is 11.1 Å². The van der Waals surface area contributed by atoms with E-state index in [1.54, 1.807) is 26.0 Å². The number of hydrogen-bond acceptors (Lipinski definition) is 8. The Kier molecular flexibility index (Phi) is 16.8. The number of aliphatic hydroxyl groups excluding tert-OH is 2. The summed E-state index contributed by atoms with van der Waals surface area (Å²) in [6.45, 7) is 25.6. The van der Waals surface area contributed by atoms with Crippen LogP contribution in [-0.2, 0) is 31.3 Å². The summed E-state index contributed by atoms with van der Waals surface area (Å²) in [6.07, 6.45) is 3.64. The Balaban J connectivity index is 0.000000273. The molecule has 316 valence electrons. The van der Waals surface area contributed by atoms with E-state index < -0.39 is 20.5 Å². The zero-order valence-corrected chi connectivity index (χ0v) is 37.3. The van der Waals surface area contributed by atoms with Crippen LogP contribution in [0, 0.1) is 11.8 Å². The second-order valence-corrected chi connectivity index (χ2v) is 22.5. The average molecular weight is 821 g/mol. The summed E-state index contributed by atoms with van der Waals surface area (Å²) < 4.78 is 23.7. The fourth-order valence-corrected chi connectivity index (χ4v) is 12.3. The SMILES string of the molecule is C=C(C)C(=O)Oc1ccc(-c2ccc(CCC(CO)CO)cc2)cc1.C=C(C)C(=O)Oc1ccc(-c2ccc(CCC3CO[Si](C(C)(C)C)(C(C)(C)C)OC3)cc2)cc1. The van der Waals surface area contributed by atoms with Gasteiger partial charge < -0.3 is 28.5 Å². The van der Waals surface area contributed by atoms with Crippen LogP contribution in [0.3, 0.4) is 0 Å². The molecule has 2 N–H and O–H groups in total. The molecule has 0 amide bonds. The summed E-state index contributed by atoms with van der Waals surface area (Å²) in [5, 5.41) is 18.3. The number of ether oxygens (including phenoxy) is 2. The van der Waals surface area contributed by atoms with E-state index in [4.69, 9.17) is 28.5 Å². The van der Waals surface area contributed by atoms with Crippen molar-refractivity contribution in [3.8, 4) is 33.8 Å². The molecular formula is C50H64O8Si. The minimum absolute atomic E-state index is 0.0108. The topological polar surface area (TPSA) is 112 Å². The standard InChI is InChI=1S/C29H40O4Si.C21H24O4/c1-21(2)27(30)33-26-17-15-25(16-18-26)24-13-11-22(12-14-24)9-10-23-19-31-34(32-20-23,28(3,4)5)29(6,7)8;1-15(2)21(24)25-20-11-9-19(10-12-20)18-7-5-16(6-8-18)3-4-17(13-22)14-23/h11-18,23H,1,9-10,19-20H2,2-8H3;5-12,17,22-23H,1,3-4,13-14H2,2H3. The zero-order valence-electron chi connectivity index (χ0n) is 36.3. The maximum atomic E-state index is 11.7. The molecule has 9 heteroatoms. The van der Waals surface area contributed by atoms with Crippen molar-refractivity contribution >= 4 is 20.5 Å². The molecule has 59 heavy (non-hydrogen) atoms. The van der Waals surface area contributed by atoms with E-state index >= 15 is 0 Å². The fourth-order valence-electron chi connectivity index (χ4n) is 7.25. The molecule has 0 aliphatic carbocycles. The highest BCUT2D eigenvalue weighted by Gasteiger charge is 2.59. The van der Waals surface area contributed by atoms with E-state index in [0.717, 1.165) is 61.2 Å². The first kappa shape index (κ1) is 47.0. The number of benzene rings is 4. The van der Waals surface area contributed by atoms with Crippen molar-refractivity contribution in [2.45, 2.75) is 91.1 Å². The number of rotatable bonds is 14. The van der Waals surface area contributed by atoms with E-state index in [9.17, 15) is 9.59 Å². The largest absolute Gasteiger partial charge is 0.423 e. The molecule has 0 unspecified atom stereocenters. The van der Waals surface area contributed by atoms with Gasteiger partial charge >= 0.3 is 20.5 Å². The van der Waals surface area contributed by atoms with E-state index in [-0.39, 0.29) is 29.2 Å². The summed E-state index contributed by atoms with van der Waals surface area (Å²) in [6, 6.07) is 31.8. The maximum absolute atomic E-state index is 11.7. The smallest absolute Gasteiger partial charge is 0.349 e. The fraction of sp³-hybridized carbons (Fsp3) is 0.400. The lowest BCUT2D eigenvalue weighted by atomic mass is 9.98. The minimum atomic E-state index is -2.33. The molecule has 0 radical (unpaired) electrons. The van der Waals surface area contributed by atoms with E-state index in [2.05, 4.69) is 91.1 Å². The van der Waals surface area contributed by atoms with Crippen LogP contribution in [0.4, 0.5) is 0 Å². The van der Waals surface area contributed by atoms with Crippen molar-refractivity contribution in [2.75, 3.05) is 26.4 Å². The van der Waals surface area contributed by atoms with Crippen molar-refractivity contribution in [2.24, 2.45) is 11.8 Å². The number of carbonyl (C=O) groups excluding carboxylic acids is 2. The Morgan fingerprint density at radius 3 is 1.29 bits per heavy atom. The minimum Gasteiger partial charge on any atom is -0.423 e. The van der Waals surface area contributed by atoms with Gasteiger partial charge in [0.25, 0.3) is 0 Å². The highest BCUT2D eigenvalue weighted by Crippen LogP contribution is 2.53. The van der Waals surface area contributed by atoms with E-state index in [1.807, 2.05) is 48.5 Å². The normalized spacial score (nSPS) is 14.2. The van der Waals surface area contributed by atoms with Crippen molar-refractivity contribution in [3.63, 3.8) is 0 Å². The molecule has 0 saturated carbocycles. The van der Waals surface area contributed by atoms with Gasteiger partial charge in [0.15, 0.2) is 0 Å². The van der Waals surface area contributed by atoms with Gasteiger partial charge in [-0.3, -0.25) is 0 Å². The van der Waals surface area contributed by atoms with Gasteiger partial charge in [-0.1, -0.05) is 127 Å². The lowest BCUT2D eigenvalue weighted by molar-refractivity contribution is -0.130. The van der Waals surface area contributed by atoms with Crippen molar-refractivity contribution in [1.29, 1.82) is 0 Å². The molecule has 0 spiro atoms. The van der Waals surface area contributed by atoms with Crippen LogP contribution in [0.1, 0.15) is 79.4 Å². The van der Waals surface area contributed by atoms with Gasteiger partial charge in [0.1, 0.15) is 11.5 Å². The van der Waals surface area contributed by atoms with Crippen LogP contribution < -0.4 is 9.47 Å². The number of hydrogen-bond donors (Lipinski definition) is 2. The van der Waals surface area contributed by atoms with Crippen LogP contribution in [0.25, 0.3) is 22.3 Å². The van der Waals surface area contributed by atoms with Crippen LogP contribution >= 0.6 is 0 Å². The van der Waals surface area contributed by atoms with Crippen molar-refractivity contribution in [3.05, 3.63) is 132 Å². The number of esters is 2. The molecule has 1 fully saturated rings. The molecule has 0 bridgehead atoms. The Morgan fingerprint density at radius 1 is 0.627 bits per heavy atom. The first-order valence-corrected chi connectivity index (χ1v) is 22.3. The van der Waals surface area contributed by atoms with Crippen molar-refractivity contribution < 1.29 is 38.1 Å². The first-order chi connectivity index (χ1) is 27.8. The van der Waals surface area contributed by atoms with Crippen molar-refractivity contribution in [1.82, 2.24) is 0 Å². The number of carbonyl (C=O) groups is 2. The molecule has 4 aromatic carbocycles. The van der Waals surface area contributed by atoms with Gasteiger partial charge in [-0.05, 0) is 97.2 Å². The first-order valence-electron chi connectivity index (χ1n) is 20.5. The number of aliphatic hydroxyl groups is 2. The van der Waals surface area contributed by atoms with Gasteiger partial charge in [0.2, 0.25) is 0 Å². The Morgan fingerprint density at radius 2 is 0.966 bits per heavy atom. The zero-order chi connectivity index (χ0) is 43.4. The third kappa shape index (κ3) is 13.2. The quantitative estimate of drug-likeness (QED) is 0.0560. The molecule has 5 rings (SSSR count). The van der Waals surface area contributed by atoms with E-state index in [0.29, 0.717) is 28.6 Å². The second kappa shape index (κ2) is 21.1. The van der Waals surface area contributed by atoms with Gasteiger partial charge in [-0.15, -0.1) is 0 Å². The maximum Gasteiger partial charge on any atom is 0.349 e. The third-order valence-electron chi connectivity index (χ3n) is 10.6. The molecule has 1 aliphatic rings. The van der Waals surface area contributed by atoms with Gasteiger partial charge in [0.05, 0.1) is 0 Å². The lowest BCUT2D eigenvalue weighted by Crippen LogP contribution is -2.61. The summed E-state index contributed by atoms with van der Waals surface area (Å²) >= 11 is 0. The summed E-state index contributed by atoms with van der Waals surface area (Å²) in [5.41, 5.74) is 7.56. The molecule has 1 aliphatic heterocycles. The summed E-state index contributed by atoms with van der Waals surface area (Å²) in [5.74, 6) is 0.549. The van der Waals surface area contributed by atoms with Crippen LogP contribution in [0.2, 0.25) is 10.1 Å². The van der Waals surface area contributed by atoms with Gasteiger partial charge in [0, 0.05) is 59.5 Å². The van der Waals surface area contributed by atoms with Crippen LogP contribution in [-0.4, -0.2) is 57.1 Å². The molecule has 1 saturated heterocycles. The average Bonchev–Trinajstić information content (AvgIpc) is 3.21. The van der Waals surface area contributed by atoms with Crippen LogP contribution in [0.5, 0.6) is 11.5 Å². The summed E-state index contributed by atoms with van der Waals surface area (Å²) in [7, 11) is -2.33. The molecule has 1 heterocycles. The Bertz CT molecular complexity index is 1960. The highest BCUT2D eigenvalue weighted by molar-refractivity contribution is 6.73. The lowest BCUT2D eigenvalue weighted by Gasteiger charge is -2.52. The molecule has 0 aromatic heterocycles. The predicted molar refractivity (Wildman–Crippen MR) is 240 cm³/mol. The molecule has 0 atom stereocenters. The molecular weight excluding hydrogens is 757 g/mol. The monoisotopic (exact) mass is 820 g/mol. The molecule has 4 aromatic rings. The van der Waals surface area contributed by atoms with Crippen LogP contribution in [0.15, 0.2) is 121 Å². The highest BCUT2D eigenvalue weighted by atomic mass is 28.4. The Labute approximate surface area is 353 Å². The third-order valence-corrected chi connectivity index (χ3v) is 15.7.